The first-order chi connectivity index (χ1) is 36.1. The number of nitrogens with zero attached hydrogens (tertiary/aromatic N) is 4. The Morgan fingerprint density at radius 1 is 0.568 bits per heavy atom. The number of aryl methyl sites for hydroxylation is 4. The van der Waals surface area contributed by atoms with Crippen LogP contribution in [-0.2, 0) is 54.2 Å². The van der Waals surface area contributed by atoms with Gasteiger partial charge in [0.1, 0.15) is 23.7 Å². The molecule has 4 amide bonds. The number of rotatable bonds is 8. The summed E-state index contributed by atoms with van der Waals surface area (Å²) in [6, 6.07) is 24.8. The van der Waals surface area contributed by atoms with E-state index < -0.39 is 36.5 Å². The van der Waals surface area contributed by atoms with Crippen molar-refractivity contribution in [3.05, 3.63) is 107 Å². The third-order valence-electron chi connectivity index (χ3n) is 18.4. The summed E-state index contributed by atoms with van der Waals surface area (Å²) >= 11 is 0. The first kappa shape index (κ1) is 47.0. The molecule has 16 nitrogen and oxygen atoms in total. The highest BCUT2D eigenvalue weighted by molar-refractivity contribution is 5.90. The fourth-order valence-corrected chi connectivity index (χ4v) is 15.2. The fourth-order valence-electron chi connectivity index (χ4n) is 15.2. The SMILES string of the molecule is COC(=O)N[C@@H]1C(=O)N2[C@H](c3nc4cc(-c5cc6ccc5CCc5ccc(c(-c7ccc8[nH]c([C@@H]9C[C@@H]%10CCCC%11[C@@H](OC)[C@H](NC(=O)OC)C(=O)N9[C@@H]%11%10)nc8c7)c5)CC6)ccc4[nH]3)C[C@@H]3CCCC([C@H]1OC)[C@@H]32. The number of hydrogen-bond acceptors (Lipinski definition) is 10. The van der Waals surface area contributed by atoms with Crippen LogP contribution in [0.1, 0.15) is 97.4 Å². The van der Waals surface area contributed by atoms with Crippen molar-refractivity contribution in [2.24, 2.45) is 23.7 Å². The van der Waals surface area contributed by atoms with Crippen molar-refractivity contribution in [3.63, 3.8) is 0 Å². The number of alkyl carbamates (subject to hydrolysis) is 2. The van der Waals surface area contributed by atoms with Gasteiger partial charge < -0.3 is 49.3 Å². The predicted octanol–water partition coefficient (Wildman–Crippen LogP) is 8.28. The van der Waals surface area contributed by atoms with Gasteiger partial charge in [-0.2, -0.15) is 0 Å². The molecular formula is C58H64N8O8. The topological polar surface area (TPSA) is 193 Å². The number of amides is 4. The van der Waals surface area contributed by atoms with Crippen LogP contribution in [0.5, 0.6) is 0 Å². The highest BCUT2D eigenvalue weighted by Gasteiger charge is 2.60. The van der Waals surface area contributed by atoms with E-state index in [1.807, 2.05) is 9.80 Å². The number of nitrogens with one attached hydrogen (secondary N) is 4. The summed E-state index contributed by atoms with van der Waals surface area (Å²) < 4.78 is 21.8. The fraction of sp³-hybridized carbons (Fsp3) is 0.483. The Hall–Kier alpha value is -6.78. The van der Waals surface area contributed by atoms with Crippen LogP contribution in [0.2, 0.25) is 0 Å². The molecule has 4 aliphatic heterocycles. The number of benzene rings is 4. The summed E-state index contributed by atoms with van der Waals surface area (Å²) in [5.41, 5.74) is 13.3. The van der Waals surface area contributed by atoms with E-state index in [1.165, 1.54) is 47.6 Å². The van der Waals surface area contributed by atoms with Gasteiger partial charge in [-0.1, -0.05) is 61.4 Å². The van der Waals surface area contributed by atoms with Gasteiger partial charge in [0.25, 0.3) is 0 Å². The number of aromatic nitrogens is 4. The zero-order valence-electron chi connectivity index (χ0n) is 42.4. The van der Waals surface area contributed by atoms with Crippen molar-refractivity contribution < 1.29 is 38.1 Å². The molecule has 4 N–H and O–H groups in total. The Morgan fingerprint density at radius 2 is 1.01 bits per heavy atom. The largest absolute Gasteiger partial charge is 0.453 e. The molecule has 6 fully saturated rings. The molecule has 4 aromatic carbocycles. The second kappa shape index (κ2) is 18.6. The normalized spacial score (nSPS) is 30.0. The summed E-state index contributed by atoms with van der Waals surface area (Å²) in [5.74, 6) is 2.15. The Bertz CT molecular complexity index is 3010. The van der Waals surface area contributed by atoms with E-state index in [1.54, 1.807) is 14.2 Å². The predicted molar refractivity (Wildman–Crippen MR) is 276 cm³/mol. The van der Waals surface area contributed by atoms with Crippen LogP contribution in [-0.4, -0.2) is 119 Å². The molecule has 384 valence electrons. The van der Waals surface area contributed by atoms with E-state index in [2.05, 4.69) is 93.4 Å². The molecule has 16 rings (SSSR count). The van der Waals surface area contributed by atoms with Crippen LogP contribution < -0.4 is 10.6 Å². The highest BCUT2D eigenvalue weighted by atomic mass is 16.5. The second-order valence-electron chi connectivity index (χ2n) is 22.0. The molecule has 16 heteroatoms. The van der Waals surface area contributed by atoms with Crippen LogP contribution in [0.3, 0.4) is 0 Å². The van der Waals surface area contributed by atoms with Crippen LogP contribution in [0.25, 0.3) is 44.3 Å². The van der Waals surface area contributed by atoms with E-state index in [-0.39, 0.29) is 47.8 Å². The van der Waals surface area contributed by atoms with Crippen molar-refractivity contribution in [1.29, 1.82) is 0 Å². The van der Waals surface area contributed by atoms with Crippen LogP contribution >= 0.6 is 0 Å². The minimum Gasteiger partial charge on any atom is -0.453 e. The summed E-state index contributed by atoms with van der Waals surface area (Å²) in [4.78, 5) is 75.4. The molecule has 0 spiro atoms. The Labute approximate surface area is 429 Å². The summed E-state index contributed by atoms with van der Waals surface area (Å²) in [6.45, 7) is 0. The molecule has 4 bridgehead atoms. The van der Waals surface area contributed by atoms with Crippen molar-refractivity contribution in [1.82, 2.24) is 40.4 Å². The lowest BCUT2D eigenvalue weighted by atomic mass is 9.71. The third kappa shape index (κ3) is 7.67. The molecule has 0 radical (unpaired) electrons. The molecule has 6 aromatic rings. The number of aromatic amines is 2. The minimum absolute atomic E-state index is 0.0297. The standard InChI is InChI=1S/C58H64N8O8/c1-71-51-37-9-5-7-35-27-45(65(49(35)37)55(67)47(51)63-57(69)73-3)53-59-41-21-19-33(25-43(41)61-53)39-23-29-11-15-31(39)17-13-30-12-16-32(18-14-29)40(24-30)34-20-22-42-44(26-34)62-54(60-42)46-28-36-8-6-10-38-50(36)66(46)56(68)48(52(38)72-2)64-58(70)74-4/h11-12,15-16,19-26,35-38,45-52H,5-10,13-14,17-18,27-28H2,1-4H3,(H,59,61)(H,60,62)(H,63,69)(H,64,70)/t35-,36-,37?,38?,45-,46-,47-,48-,49+,50+,51+,52+/m0/s1. The van der Waals surface area contributed by atoms with Gasteiger partial charge in [-0.25, -0.2) is 19.6 Å². The molecule has 74 heavy (non-hydrogen) atoms. The van der Waals surface area contributed by atoms with E-state index in [0.29, 0.717) is 11.8 Å². The van der Waals surface area contributed by atoms with E-state index in [9.17, 15) is 19.2 Å². The quantitative estimate of drug-likeness (QED) is 0.115. The monoisotopic (exact) mass is 1000 g/mol. The number of H-pyrrole nitrogens is 2. The zero-order valence-corrected chi connectivity index (χ0v) is 42.4. The van der Waals surface area contributed by atoms with Crippen molar-refractivity contribution in [2.75, 3.05) is 28.4 Å². The van der Waals surface area contributed by atoms with E-state index in [0.717, 1.165) is 122 Å². The van der Waals surface area contributed by atoms with Gasteiger partial charge in [-0.3, -0.25) is 9.59 Å². The molecule has 2 saturated carbocycles. The second-order valence-corrected chi connectivity index (χ2v) is 22.0. The number of carbonyl (C=O) groups is 4. The maximum Gasteiger partial charge on any atom is 0.407 e. The average molecular weight is 1000 g/mol. The molecule has 12 atom stereocenters. The Kier molecular flexibility index (Phi) is 11.8. The first-order valence-corrected chi connectivity index (χ1v) is 26.7. The first-order valence-electron chi connectivity index (χ1n) is 26.7. The lowest BCUT2D eigenvalue weighted by Crippen LogP contribution is -2.66. The van der Waals surface area contributed by atoms with Crippen molar-refractivity contribution >= 4 is 46.1 Å². The van der Waals surface area contributed by atoms with Crippen LogP contribution in [0.4, 0.5) is 9.59 Å². The molecule has 4 saturated heterocycles. The van der Waals surface area contributed by atoms with Crippen molar-refractivity contribution in [2.45, 2.75) is 126 Å². The number of piperidine rings is 2. The minimum atomic E-state index is -0.833. The Morgan fingerprint density at radius 3 is 1.43 bits per heavy atom. The number of methoxy groups -OCH3 is 4. The van der Waals surface area contributed by atoms with E-state index in [4.69, 9.17) is 28.9 Å². The lowest BCUT2D eigenvalue weighted by molar-refractivity contribution is -0.157. The smallest absolute Gasteiger partial charge is 0.407 e. The molecule has 6 aliphatic carbocycles. The van der Waals surface area contributed by atoms with Gasteiger partial charge >= 0.3 is 12.2 Å². The highest BCUT2D eigenvalue weighted by Crippen LogP contribution is 2.54. The number of imidazole rings is 2. The van der Waals surface area contributed by atoms with Crippen LogP contribution in [0, 0.1) is 23.7 Å². The summed E-state index contributed by atoms with van der Waals surface area (Å²) in [7, 11) is 5.89. The van der Waals surface area contributed by atoms with Gasteiger partial charge in [0.05, 0.1) is 60.6 Å². The average Bonchev–Trinajstić information content (AvgIpc) is 4.24. The summed E-state index contributed by atoms with van der Waals surface area (Å²) in [5, 5.41) is 5.62. The number of carbonyl (C=O) groups excluding carboxylic acids is 4. The molecule has 2 aromatic heterocycles. The Balaban J connectivity index is 0.759. The number of ether oxygens (including phenoxy) is 4. The van der Waals surface area contributed by atoms with Gasteiger partial charge in [0.2, 0.25) is 11.8 Å². The lowest BCUT2D eigenvalue weighted by Gasteiger charge is -2.49. The number of hydrogen-bond donors (Lipinski definition) is 4. The molecular weight excluding hydrogens is 937 g/mol. The molecule has 10 aliphatic rings. The zero-order chi connectivity index (χ0) is 50.5. The maximum absolute atomic E-state index is 14.4. The van der Waals surface area contributed by atoms with Gasteiger partial charge in [0, 0.05) is 38.1 Å². The van der Waals surface area contributed by atoms with E-state index >= 15 is 0 Å². The maximum atomic E-state index is 14.4. The molecule has 6 heterocycles. The summed E-state index contributed by atoms with van der Waals surface area (Å²) in [6.07, 6.45) is 9.00. The van der Waals surface area contributed by atoms with Gasteiger partial charge in [-0.05, 0) is 145 Å². The molecule has 2 unspecified atom stereocenters. The van der Waals surface area contributed by atoms with Gasteiger partial charge in [0.15, 0.2) is 0 Å². The van der Waals surface area contributed by atoms with Crippen molar-refractivity contribution in [3.8, 4) is 22.3 Å². The third-order valence-corrected chi connectivity index (χ3v) is 18.4. The number of fused-ring (bicyclic) bond motifs is 2. The van der Waals surface area contributed by atoms with Gasteiger partial charge in [-0.15, -0.1) is 0 Å². The van der Waals surface area contributed by atoms with Crippen LogP contribution in [0.15, 0.2) is 72.8 Å².